The molecule has 19 heavy (non-hydrogen) atoms. The van der Waals surface area contributed by atoms with Gasteiger partial charge in [0, 0.05) is 23.9 Å². The zero-order valence-electron chi connectivity index (χ0n) is 11.6. The molecule has 1 aliphatic heterocycles. The summed E-state index contributed by atoms with van der Waals surface area (Å²) in [5, 5.41) is 0. The third-order valence-electron chi connectivity index (χ3n) is 3.54. The first-order valence-corrected chi connectivity index (χ1v) is 7.87. The number of carbonyl (C=O) groups is 1. The molecule has 0 bridgehead atoms. The summed E-state index contributed by atoms with van der Waals surface area (Å²) in [5.41, 5.74) is 0.971. The summed E-state index contributed by atoms with van der Waals surface area (Å²) >= 11 is 1.94. The molecule has 1 fully saturated rings. The van der Waals surface area contributed by atoms with Gasteiger partial charge < -0.3 is 9.64 Å². The van der Waals surface area contributed by atoms with Crippen LogP contribution in [0.1, 0.15) is 18.9 Å². The largest absolute Gasteiger partial charge is 0.496 e. The Hall–Kier alpha value is -1.16. The number of amides is 1. The minimum atomic E-state index is 0.208. The summed E-state index contributed by atoms with van der Waals surface area (Å²) in [6.07, 6.45) is 1.52. The van der Waals surface area contributed by atoms with Crippen LogP contribution in [0.4, 0.5) is 0 Å². The number of rotatable bonds is 3. The van der Waals surface area contributed by atoms with Crippen molar-refractivity contribution in [3.8, 4) is 5.75 Å². The summed E-state index contributed by atoms with van der Waals surface area (Å²) in [6, 6.07) is 8.10. The van der Waals surface area contributed by atoms with Crippen LogP contribution in [-0.2, 0) is 11.2 Å². The molecule has 1 aliphatic rings. The lowest BCUT2D eigenvalue weighted by Gasteiger charge is -2.27. The van der Waals surface area contributed by atoms with Gasteiger partial charge in [-0.1, -0.05) is 18.2 Å². The Balaban J connectivity index is 2.07. The second-order valence-electron chi connectivity index (χ2n) is 4.83. The zero-order valence-corrected chi connectivity index (χ0v) is 12.4. The Kier molecular flexibility index (Phi) is 5.14. The highest BCUT2D eigenvalue weighted by atomic mass is 32.2. The maximum atomic E-state index is 12.5. The predicted molar refractivity (Wildman–Crippen MR) is 79.8 cm³/mol. The fraction of sp³-hybridized carbons (Fsp3) is 0.533. The van der Waals surface area contributed by atoms with E-state index in [-0.39, 0.29) is 5.91 Å². The minimum Gasteiger partial charge on any atom is -0.496 e. The van der Waals surface area contributed by atoms with Gasteiger partial charge in [0.25, 0.3) is 0 Å². The van der Waals surface area contributed by atoms with Crippen LogP contribution in [0, 0.1) is 0 Å². The van der Waals surface area contributed by atoms with E-state index < -0.39 is 0 Å². The van der Waals surface area contributed by atoms with Gasteiger partial charge in [0.05, 0.1) is 13.5 Å². The number of carbonyl (C=O) groups excluding carboxylic acids is 1. The molecule has 3 nitrogen and oxygen atoms in total. The van der Waals surface area contributed by atoms with Gasteiger partial charge in [-0.15, -0.1) is 0 Å². The highest BCUT2D eigenvalue weighted by Gasteiger charge is 2.22. The van der Waals surface area contributed by atoms with Crippen LogP contribution in [0.5, 0.6) is 5.75 Å². The van der Waals surface area contributed by atoms with Crippen molar-refractivity contribution in [2.45, 2.75) is 25.8 Å². The fourth-order valence-electron chi connectivity index (χ4n) is 2.38. The van der Waals surface area contributed by atoms with Crippen molar-refractivity contribution in [3.05, 3.63) is 29.8 Å². The Labute approximate surface area is 119 Å². The molecule has 2 rings (SSSR count). The van der Waals surface area contributed by atoms with Crippen LogP contribution in [0.15, 0.2) is 24.3 Å². The van der Waals surface area contributed by atoms with Crippen molar-refractivity contribution >= 4 is 17.7 Å². The van der Waals surface area contributed by atoms with Crippen molar-refractivity contribution in [1.82, 2.24) is 4.90 Å². The van der Waals surface area contributed by atoms with E-state index >= 15 is 0 Å². The van der Waals surface area contributed by atoms with Crippen LogP contribution in [0.25, 0.3) is 0 Å². The number of ether oxygens (including phenoxy) is 1. The van der Waals surface area contributed by atoms with Gasteiger partial charge in [0.1, 0.15) is 5.75 Å². The molecule has 104 valence electrons. The molecule has 0 saturated carbocycles. The van der Waals surface area contributed by atoms with Crippen LogP contribution in [0.2, 0.25) is 0 Å². The van der Waals surface area contributed by atoms with E-state index in [0.29, 0.717) is 12.5 Å². The molecule has 1 unspecified atom stereocenters. The molecule has 0 N–H and O–H groups in total. The summed E-state index contributed by atoms with van der Waals surface area (Å²) in [4.78, 5) is 14.5. The van der Waals surface area contributed by atoms with E-state index in [1.165, 1.54) is 0 Å². The Morgan fingerprint density at radius 1 is 1.42 bits per heavy atom. The molecular formula is C15H21NO2S. The van der Waals surface area contributed by atoms with Crippen LogP contribution < -0.4 is 4.74 Å². The second-order valence-corrected chi connectivity index (χ2v) is 6.05. The third kappa shape index (κ3) is 3.66. The maximum absolute atomic E-state index is 12.5. The van der Waals surface area contributed by atoms with Crippen LogP contribution >= 0.6 is 11.8 Å². The van der Waals surface area contributed by atoms with E-state index in [9.17, 15) is 4.79 Å². The molecule has 1 heterocycles. The highest BCUT2D eigenvalue weighted by Crippen LogP contribution is 2.21. The predicted octanol–water partition coefficient (Wildman–Crippen LogP) is 2.59. The highest BCUT2D eigenvalue weighted by molar-refractivity contribution is 7.99. The molecule has 0 spiro atoms. The number of nitrogens with zero attached hydrogens (tertiary/aromatic N) is 1. The number of benzene rings is 1. The fourth-order valence-corrected chi connectivity index (χ4v) is 3.42. The van der Waals surface area contributed by atoms with Crippen LogP contribution in [0.3, 0.4) is 0 Å². The average molecular weight is 279 g/mol. The lowest BCUT2D eigenvalue weighted by Crippen LogP contribution is -2.40. The molecule has 1 saturated heterocycles. The Bertz CT molecular complexity index is 436. The van der Waals surface area contributed by atoms with E-state index in [4.69, 9.17) is 4.74 Å². The molecule has 0 radical (unpaired) electrons. The third-order valence-corrected chi connectivity index (χ3v) is 4.54. The number of methoxy groups -OCH3 is 1. The topological polar surface area (TPSA) is 29.5 Å². The molecular weight excluding hydrogens is 258 g/mol. The standard InChI is InChI=1S/C15H21NO2S/c1-12-7-9-19-10-8-16(12)15(17)11-13-5-3-4-6-14(13)18-2/h3-6,12H,7-11H2,1-2H3. The summed E-state index contributed by atoms with van der Waals surface area (Å²) in [5.74, 6) is 3.20. The number of hydrogen-bond donors (Lipinski definition) is 0. The lowest BCUT2D eigenvalue weighted by molar-refractivity contribution is -0.132. The molecule has 0 aliphatic carbocycles. The van der Waals surface area contributed by atoms with Crippen molar-refractivity contribution in [1.29, 1.82) is 0 Å². The minimum absolute atomic E-state index is 0.208. The lowest BCUT2D eigenvalue weighted by atomic mass is 10.1. The van der Waals surface area contributed by atoms with Gasteiger partial charge >= 0.3 is 0 Å². The molecule has 4 heteroatoms. The number of para-hydroxylation sites is 1. The normalized spacial score (nSPS) is 19.9. The van der Waals surface area contributed by atoms with E-state index in [0.717, 1.165) is 35.8 Å². The summed E-state index contributed by atoms with van der Waals surface area (Å²) in [6.45, 7) is 3.01. The summed E-state index contributed by atoms with van der Waals surface area (Å²) in [7, 11) is 1.65. The first-order chi connectivity index (χ1) is 9.22. The van der Waals surface area contributed by atoms with Crippen molar-refractivity contribution in [2.75, 3.05) is 25.2 Å². The number of hydrogen-bond acceptors (Lipinski definition) is 3. The maximum Gasteiger partial charge on any atom is 0.227 e. The van der Waals surface area contributed by atoms with E-state index in [1.807, 2.05) is 40.9 Å². The van der Waals surface area contributed by atoms with Crippen LogP contribution in [-0.4, -0.2) is 42.0 Å². The average Bonchev–Trinajstić information content (AvgIpc) is 2.64. The van der Waals surface area contributed by atoms with Crippen molar-refractivity contribution in [3.63, 3.8) is 0 Å². The molecule has 0 aromatic heterocycles. The molecule has 1 amide bonds. The monoisotopic (exact) mass is 279 g/mol. The van der Waals surface area contributed by atoms with Gasteiger partial charge in [-0.2, -0.15) is 11.8 Å². The molecule has 1 aromatic rings. The van der Waals surface area contributed by atoms with Gasteiger partial charge in [-0.25, -0.2) is 0 Å². The quantitative estimate of drug-likeness (QED) is 0.852. The zero-order chi connectivity index (χ0) is 13.7. The van der Waals surface area contributed by atoms with Gasteiger partial charge in [0.15, 0.2) is 0 Å². The van der Waals surface area contributed by atoms with Crippen molar-refractivity contribution in [2.24, 2.45) is 0 Å². The Morgan fingerprint density at radius 3 is 3.00 bits per heavy atom. The summed E-state index contributed by atoms with van der Waals surface area (Å²) < 4.78 is 5.31. The molecule has 1 atom stereocenters. The Morgan fingerprint density at radius 2 is 2.21 bits per heavy atom. The SMILES string of the molecule is COc1ccccc1CC(=O)N1CCSCCC1C. The van der Waals surface area contributed by atoms with E-state index in [2.05, 4.69) is 6.92 Å². The first kappa shape index (κ1) is 14.3. The first-order valence-electron chi connectivity index (χ1n) is 6.71. The van der Waals surface area contributed by atoms with Gasteiger partial charge in [-0.05, 0) is 25.2 Å². The molecule has 1 aromatic carbocycles. The van der Waals surface area contributed by atoms with Crippen molar-refractivity contribution < 1.29 is 9.53 Å². The van der Waals surface area contributed by atoms with Gasteiger partial charge in [0.2, 0.25) is 5.91 Å². The second kappa shape index (κ2) is 6.85. The van der Waals surface area contributed by atoms with Gasteiger partial charge in [-0.3, -0.25) is 4.79 Å². The van der Waals surface area contributed by atoms with E-state index in [1.54, 1.807) is 7.11 Å². The number of thioether (sulfide) groups is 1. The smallest absolute Gasteiger partial charge is 0.227 e.